The molecule has 1 fully saturated rings. The van der Waals surface area contributed by atoms with Gasteiger partial charge in [0.15, 0.2) is 0 Å². The third-order valence-electron chi connectivity index (χ3n) is 3.47. The van der Waals surface area contributed by atoms with Gasteiger partial charge in [-0.3, -0.25) is 4.79 Å². The molecule has 2 aliphatic rings. The lowest BCUT2D eigenvalue weighted by molar-refractivity contribution is 0.0956. The van der Waals surface area contributed by atoms with Crippen molar-refractivity contribution in [3.8, 4) is 0 Å². The molecular weight excluding hydrogens is 218 g/mol. The Bertz CT molecular complexity index is 383. The minimum Gasteiger partial charge on any atom is -0.351 e. The van der Waals surface area contributed by atoms with Gasteiger partial charge >= 0.3 is 0 Å². The van der Waals surface area contributed by atoms with Crippen LogP contribution in [0.15, 0.2) is 6.07 Å². The largest absolute Gasteiger partial charge is 0.351 e. The summed E-state index contributed by atoms with van der Waals surface area (Å²) in [5.74, 6) is 0.907. The minimum absolute atomic E-state index is 0.145. The average molecular weight is 235 g/mol. The second-order valence-electron chi connectivity index (χ2n) is 4.92. The zero-order valence-corrected chi connectivity index (χ0v) is 10.2. The Morgan fingerprint density at radius 2 is 2.19 bits per heavy atom. The summed E-state index contributed by atoms with van der Waals surface area (Å²) in [6.45, 7) is 0.876. The molecule has 2 nitrogen and oxygen atoms in total. The highest BCUT2D eigenvalue weighted by Crippen LogP contribution is 2.30. The standard InChI is InChI=1S/C13H17NOS/c15-13(14-8-9-5-6-9)12-7-10-3-1-2-4-11(10)16-12/h7,9H,1-6,8H2,(H,14,15). The summed E-state index contributed by atoms with van der Waals surface area (Å²) in [4.78, 5) is 14.3. The molecule has 16 heavy (non-hydrogen) atoms. The fourth-order valence-corrected chi connectivity index (χ4v) is 3.42. The van der Waals surface area contributed by atoms with E-state index in [9.17, 15) is 4.79 Å². The predicted molar refractivity (Wildman–Crippen MR) is 66.0 cm³/mol. The number of rotatable bonds is 3. The molecule has 1 aromatic heterocycles. The number of fused-ring (bicyclic) bond motifs is 1. The third-order valence-corrected chi connectivity index (χ3v) is 4.70. The van der Waals surface area contributed by atoms with Crippen molar-refractivity contribution < 1.29 is 4.79 Å². The van der Waals surface area contributed by atoms with Crippen molar-refractivity contribution in [2.24, 2.45) is 5.92 Å². The monoisotopic (exact) mass is 235 g/mol. The molecule has 1 aromatic rings. The number of aryl methyl sites for hydroxylation is 2. The van der Waals surface area contributed by atoms with Gasteiger partial charge < -0.3 is 5.32 Å². The van der Waals surface area contributed by atoms with Gasteiger partial charge in [0.05, 0.1) is 4.88 Å². The fourth-order valence-electron chi connectivity index (χ4n) is 2.25. The Hall–Kier alpha value is -0.830. The van der Waals surface area contributed by atoms with Gasteiger partial charge in [0.25, 0.3) is 5.91 Å². The quantitative estimate of drug-likeness (QED) is 0.857. The van der Waals surface area contributed by atoms with Crippen molar-refractivity contribution in [3.05, 3.63) is 21.4 Å². The molecule has 0 aromatic carbocycles. The molecule has 0 saturated heterocycles. The van der Waals surface area contributed by atoms with E-state index in [1.54, 1.807) is 11.3 Å². The molecule has 3 heteroatoms. The van der Waals surface area contributed by atoms with Crippen LogP contribution in [0.3, 0.4) is 0 Å². The van der Waals surface area contributed by atoms with Gasteiger partial charge in [0, 0.05) is 11.4 Å². The molecule has 0 unspecified atom stereocenters. The number of carbonyl (C=O) groups excluding carboxylic acids is 1. The van der Waals surface area contributed by atoms with Gasteiger partial charge in [0.1, 0.15) is 0 Å². The van der Waals surface area contributed by atoms with Gasteiger partial charge in [-0.1, -0.05) is 0 Å². The number of thiophene rings is 1. The molecular formula is C13H17NOS. The number of hydrogen-bond acceptors (Lipinski definition) is 2. The van der Waals surface area contributed by atoms with Gasteiger partial charge in [-0.15, -0.1) is 11.3 Å². The zero-order valence-electron chi connectivity index (χ0n) is 9.42. The third kappa shape index (κ3) is 2.14. The summed E-state index contributed by atoms with van der Waals surface area (Å²) in [5.41, 5.74) is 1.42. The zero-order chi connectivity index (χ0) is 11.0. The first-order valence-electron chi connectivity index (χ1n) is 6.23. The fraction of sp³-hybridized carbons (Fsp3) is 0.615. The summed E-state index contributed by atoms with van der Waals surface area (Å²) in [6, 6.07) is 2.11. The van der Waals surface area contributed by atoms with Crippen molar-refractivity contribution in [3.63, 3.8) is 0 Å². The van der Waals surface area contributed by atoms with E-state index in [-0.39, 0.29) is 5.91 Å². The maximum Gasteiger partial charge on any atom is 0.261 e. The van der Waals surface area contributed by atoms with Crippen LogP contribution in [0.1, 0.15) is 45.8 Å². The Kier molecular flexibility index (Phi) is 2.72. The topological polar surface area (TPSA) is 29.1 Å². The Labute approximate surface area is 100 Å². The first-order valence-corrected chi connectivity index (χ1v) is 7.04. The molecule has 2 aliphatic carbocycles. The smallest absolute Gasteiger partial charge is 0.261 e. The highest BCUT2D eigenvalue weighted by atomic mass is 32.1. The van der Waals surface area contributed by atoms with Crippen LogP contribution in [-0.4, -0.2) is 12.5 Å². The van der Waals surface area contributed by atoms with Crippen LogP contribution in [0, 0.1) is 5.92 Å². The normalized spacial score (nSPS) is 19.2. The van der Waals surface area contributed by atoms with Crippen LogP contribution in [0.2, 0.25) is 0 Å². The molecule has 1 heterocycles. The van der Waals surface area contributed by atoms with Crippen molar-refractivity contribution in [1.29, 1.82) is 0 Å². The Morgan fingerprint density at radius 1 is 1.38 bits per heavy atom. The minimum atomic E-state index is 0.145. The van der Waals surface area contributed by atoms with Crippen LogP contribution >= 0.6 is 11.3 Å². The van der Waals surface area contributed by atoms with Crippen LogP contribution in [0.25, 0.3) is 0 Å². The molecule has 0 bridgehead atoms. The number of nitrogens with one attached hydrogen (secondary N) is 1. The molecule has 0 aliphatic heterocycles. The Balaban J connectivity index is 1.67. The maximum absolute atomic E-state index is 11.9. The predicted octanol–water partition coefficient (Wildman–Crippen LogP) is 2.77. The molecule has 0 spiro atoms. The highest BCUT2D eigenvalue weighted by molar-refractivity contribution is 7.14. The van der Waals surface area contributed by atoms with E-state index in [2.05, 4.69) is 11.4 Å². The van der Waals surface area contributed by atoms with Crippen molar-refractivity contribution in [2.75, 3.05) is 6.54 Å². The highest BCUT2D eigenvalue weighted by Gasteiger charge is 2.23. The molecule has 86 valence electrons. The van der Waals surface area contributed by atoms with Gasteiger partial charge in [-0.05, 0) is 56.1 Å². The van der Waals surface area contributed by atoms with E-state index in [4.69, 9.17) is 0 Å². The van der Waals surface area contributed by atoms with Crippen molar-refractivity contribution in [2.45, 2.75) is 38.5 Å². The SMILES string of the molecule is O=C(NCC1CC1)c1cc2c(s1)CCCC2. The van der Waals surface area contributed by atoms with Crippen LogP contribution in [0.5, 0.6) is 0 Å². The first kappa shape index (κ1) is 10.3. The van der Waals surface area contributed by atoms with E-state index in [1.165, 1.54) is 49.0 Å². The lowest BCUT2D eigenvalue weighted by Gasteiger charge is -2.08. The molecule has 1 saturated carbocycles. The molecule has 0 radical (unpaired) electrons. The second-order valence-corrected chi connectivity index (χ2v) is 6.06. The van der Waals surface area contributed by atoms with Crippen molar-refractivity contribution >= 4 is 17.2 Å². The summed E-state index contributed by atoms with van der Waals surface area (Å²) in [5, 5.41) is 3.04. The molecule has 1 amide bonds. The van der Waals surface area contributed by atoms with E-state index in [1.807, 2.05) is 0 Å². The van der Waals surface area contributed by atoms with Gasteiger partial charge in [-0.2, -0.15) is 0 Å². The number of carbonyl (C=O) groups is 1. The average Bonchev–Trinajstić information content (AvgIpc) is 3.02. The molecule has 3 rings (SSSR count). The van der Waals surface area contributed by atoms with Gasteiger partial charge in [0.2, 0.25) is 0 Å². The van der Waals surface area contributed by atoms with E-state index >= 15 is 0 Å². The number of hydrogen-bond donors (Lipinski definition) is 1. The lowest BCUT2D eigenvalue weighted by Crippen LogP contribution is -2.24. The van der Waals surface area contributed by atoms with E-state index in [0.717, 1.165) is 17.3 Å². The van der Waals surface area contributed by atoms with E-state index < -0.39 is 0 Å². The number of amides is 1. The van der Waals surface area contributed by atoms with Crippen LogP contribution in [0.4, 0.5) is 0 Å². The van der Waals surface area contributed by atoms with Crippen LogP contribution < -0.4 is 5.32 Å². The molecule has 1 N–H and O–H groups in total. The maximum atomic E-state index is 11.9. The first-order chi connectivity index (χ1) is 7.83. The van der Waals surface area contributed by atoms with Crippen LogP contribution in [-0.2, 0) is 12.8 Å². The summed E-state index contributed by atoms with van der Waals surface area (Å²) in [7, 11) is 0. The summed E-state index contributed by atoms with van der Waals surface area (Å²) >= 11 is 1.70. The Morgan fingerprint density at radius 3 is 2.94 bits per heavy atom. The summed E-state index contributed by atoms with van der Waals surface area (Å²) < 4.78 is 0. The second kappa shape index (κ2) is 4.21. The van der Waals surface area contributed by atoms with Crippen molar-refractivity contribution in [1.82, 2.24) is 5.32 Å². The van der Waals surface area contributed by atoms with Gasteiger partial charge in [-0.25, -0.2) is 0 Å². The van der Waals surface area contributed by atoms with E-state index in [0.29, 0.717) is 0 Å². The molecule has 0 atom stereocenters. The lowest BCUT2D eigenvalue weighted by atomic mass is 9.99. The summed E-state index contributed by atoms with van der Waals surface area (Å²) in [6.07, 6.45) is 7.50.